The number of hydrogen-bond donors (Lipinski definition) is 1. The van der Waals surface area contributed by atoms with Crippen molar-refractivity contribution >= 4 is 0 Å². The SMILES string of the molecule is C[C@@H](NCC1CN(C)CCO1)C1CCCCCC1. The molecule has 106 valence electrons. The third kappa shape index (κ3) is 4.52. The predicted octanol–water partition coefficient (Wildman–Crippen LogP) is 2.27. The van der Waals surface area contributed by atoms with E-state index >= 15 is 0 Å². The van der Waals surface area contributed by atoms with Crippen molar-refractivity contribution in [1.82, 2.24) is 10.2 Å². The maximum absolute atomic E-state index is 5.81. The molecule has 0 aromatic heterocycles. The maximum Gasteiger partial charge on any atom is 0.0826 e. The Morgan fingerprint density at radius 1 is 1.22 bits per heavy atom. The van der Waals surface area contributed by atoms with Gasteiger partial charge in [-0.3, -0.25) is 0 Å². The molecular formula is C15H30N2O. The zero-order valence-electron chi connectivity index (χ0n) is 12.2. The molecule has 1 unspecified atom stereocenters. The minimum atomic E-state index is 0.386. The van der Waals surface area contributed by atoms with Gasteiger partial charge >= 0.3 is 0 Å². The summed E-state index contributed by atoms with van der Waals surface area (Å²) < 4.78 is 5.81. The zero-order chi connectivity index (χ0) is 12.8. The molecular weight excluding hydrogens is 224 g/mol. The van der Waals surface area contributed by atoms with Crippen LogP contribution >= 0.6 is 0 Å². The van der Waals surface area contributed by atoms with Crippen LogP contribution < -0.4 is 5.32 Å². The van der Waals surface area contributed by atoms with Gasteiger partial charge in [0.1, 0.15) is 0 Å². The number of ether oxygens (including phenoxy) is 1. The molecule has 3 heteroatoms. The quantitative estimate of drug-likeness (QED) is 0.779. The molecule has 2 atom stereocenters. The minimum absolute atomic E-state index is 0.386. The standard InChI is InChI=1S/C15H30N2O/c1-13(14-7-5-3-4-6-8-14)16-11-15-12-17(2)9-10-18-15/h13-16H,3-12H2,1-2H3/t13-,15?/m1/s1. The van der Waals surface area contributed by atoms with E-state index in [4.69, 9.17) is 4.74 Å². The van der Waals surface area contributed by atoms with Gasteiger partial charge in [-0.2, -0.15) is 0 Å². The first kappa shape index (κ1) is 14.3. The third-order valence-corrected chi connectivity index (χ3v) is 4.62. The summed E-state index contributed by atoms with van der Waals surface area (Å²) in [7, 11) is 2.18. The molecule has 1 N–H and O–H groups in total. The van der Waals surface area contributed by atoms with Crippen LogP contribution in [0.3, 0.4) is 0 Å². The first-order valence-electron chi connectivity index (χ1n) is 7.79. The summed E-state index contributed by atoms with van der Waals surface area (Å²) in [6, 6.07) is 0.652. The number of likely N-dealkylation sites (N-methyl/N-ethyl adjacent to an activating group) is 1. The second-order valence-corrected chi connectivity index (χ2v) is 6.20. The predicted molar refractivity (Wildman–Crippen MR) is 75.9 cm³/mol. The molecule has 2 fully saturated rings. The van der Waals surface area contributed by atoms with Crippen molar-refractivity contribution in [3.8, 4) is 0 Å². The van der Waals surface area contributed by atoms with E-state index in [1.165, 1.54) is 38.5 Å². The van der Waals surface area contributed by atoms with Crippen LogP contribution in [0.4, 0.5) is 0 Å². The molecule has 0 bridgehead atoms. The molecule has 0 aromatic rings. The number of nitrogens with one attached hydrogen (secondary N) is 1. The Balaban J connectivity index is 1.68. The smallest absolute Gasteiger partial charge is 0.0826 e. The molecule has 0 amide bonds. The van der Waals surface area contributed by atoms with E-state index in [1.807, 2.05) is 0 Å². The first-order valence-corrected chi connectivity index (χ1v) is 7.79. The molecule has 1 aliphatic heterocycles. The topological polar surface area (TPSA) is 24.5 Å². The highest BCUT2D eigenvalue weighted by Gasteiger charge is 2.22. The van der Waals surface area contributed by atoms with Crippen LogP contribution in [0, 0.1) is 5.92 Å². The Hall–Kier alpha value is -0.120. The van der Waals surface area contributed by atoms with Gasteiger partial charge in [-0.25, -0.2) is 0 Å². The fraction of sp³-hybridized carbons (Fsp3) is 1.00. The van der Waals surface area contributed by atoms with Gasteiger partial charge in [0.25, 0.3) is 0 Å². The van der Waals surface area contributed by atoms with E-state index in [1.54, 1.807) is 0 Å². The summed E-state index contributed by atoms with van der Waals surface area (Å²) in [5, 5.41) is 3.72. The van der Waals surface area contributed by atoms with E-state index in [0.717, 1.165) is 32.2 Å². The highest BCUT2D eigenvalue weighted by molar-refractivity contribution is 4.78. The first-order chi connectivity index (χ1) is 8.75. The van der Waals surface area contributed by atoms with Gasteiger partial charge < -0.3 is 15.0 Å². The summed E-state index contributed by atoms with van der Waals surface area (Å²) in [5.41, 5.74) is 0. The van der Waals surface area contributed by atoms with E-state index < -0.39 is 0 Å². The molecule has 1 aliphatic carbocycles. The Morgan fingerprint density at radius 3 is 2.61 bits per heavy atom. The van der Waals surface area contributed by atoms with Crippen LogP contribution in [0.5, 0.6) is 0 Å². The highest BCUT2D eigenvalue weighted by Crippen LogP contribution is 2.25. The molecule has 3 nitrogen and oxygen atoms in total. The lowest BCUT2D eigenvalue weighted by Gasteiger charge is -2.32. The van der Waals surface area contributed by atoms with Crippen molar-refractivity contribution < 1.29 is 4.74 Å². The lowest BCUT2D eigenvalue weighted by molar-refractivity contribution is -0.0199. The molecule has 18 heavy (non-hydrogen) atoms. The van der Waals surface area contributed by atoms with Crippen LogP contribution in [0.1, 0.15) is 45.4 Å². The van der Waals surface area contributed by atoms with Crippen molar-refractivity contribution in [2.45, 2.75) is 57.6 Å². The van der Waals surface area contributed by atoms with Crippen LogP contribution in [0.15, 0.2) is 0 Å². The summed E-state index contributed by atoms with van der Waals surface area (Å²) in [6.45, 7) is 6.42. The number of rotatable bonds is 4. The van der Waals surface area contributed by atoms with E-state index in [2.05, 4.69) is 24.2 Å². The molecule has 0 aromatic carbocycles. The second kappa shape index (κ2) is 7.46. The molecule has 1 saturated heterocycles. The molecule has 1 saturated carbocycles. The summed E-state index contributed by atoms with van der Waals surface area (Å²) in [5.74, 6) is 0.883. The Labute approximate surface area is 112 Å². The Morgan fingerprint density at radius 2 is 1.94 bits per heavy atom. The summed E-state index contributed by atoms with van der Waals surface area (Å²) >= 11 is 0. The third-order valence-electron chi connectivity index (χ3n) is 4.62. The second-order valence-electron chi connectivity index (χ2n) is 6.20. The van der Waals surface area contributed by atoms with E-state index in [0.29, 0.717) is 12.1 Å². The number of nitrogens with zero attached hydrogens (tertiary/aromatic N) is 1. The lowest BCUT2D eigenvalue weighted by Crippen LogP contribution is -2.47. The largest absolute Gasteiger partial charge is 0.374 e. The lowest BCUT2D eigenvalue weighted by atomic mass is 9.93. The van der Waals surface area contributed by atoms with Gasteiger partial charge in [-0.1, -0.05) is 25.7 Å². The van der Waals surface area contributed by atoms with Crippen LogP contribution in [-0.2, 0) is 4.74 Å². The molecule has 1 heterocycles. The van der Waals surface area contributed by atoms with Crippen LogP contribution in [0.2, 0.25) is 0 Å². The molecule has 0 radical (unpaired) electrons. The van der Waals surface area contributed by atoms with Crippen molar-refractivity contribution in [2.75, 3.05) is 33.3 Å². The fourth-order valence-corrected chi connectivity index (χ4v) is 3.29. The fourth-order valence-electron chi connectivity index (χ4n) is 3.29. The van der Waals surface area contributed by atoms with Gasteiger partial charge in [0.15, 0.2) is 0 Å². The average molecular weight is 254 g/mol. The van der Waals surface area contributed by atoms with Gasteiger partial charge in [0, 0.05) is 25.7 Å². The van der Waals surface area contributed by atoms with Gasteiger partial charge in [0.2, 0.25) is 0 Å². The highest BCUT2D eigenvalue weighted by atomic mass is 16.5. The summed E-state index contributed by atoms with van der Waals surface area (Å²) in [6.07, 6.45) is 8.97. The van der Waals surface area contributed by atoms with Gasteiger partial charge in [-0.05, 0) is 32.7 Å². The Bertz CT molecular complexity index is 227. The minimum Gasteiger partial charge on any atom is -0.374 e. The molecule has 0 spiro atoms. The van der Waals surface area contributed by atoms with E-state index in [-0.39, 0.29) is 0 Å². The Kier molecular flexibility index (Phi) is 5.93. The van der Waals surface area contributed by atoms with Crippen molar-refractivity contribution in [2.24, 2.45) is 5.92 Å². The van der Waals surface area contributed by atoms with Crippen molar-refractivity contribution in [1.29, 1.82) is 0 Å². The van der Waals surface area contributed by atoms with Crippen molar-refractivity contribution in [3.05, 3.63) is 0 Å². The zero-order valence-corrected chi connectivity index (χ0v) is 12.2. The van der Waals surface area contributed by atoms with Crippen molar-refractivity contribution in [3.63, 3.8) is 0 Å². The maximum atomic E-state index is 5.81. The van der Waals surface area contributed by atoms with Gasteiger partial charge in [0.05, 0.1) is 12.7 Å². The van der Waals surface area contributed by atoms with Crippen LogP contribution in [-0.4, -0.2) is 50.3 Å². The summed E-state index contributed by atoms with van der Waals surface area (Å²) in [4.78, 5) is 2.37. The van der Waals surface area contributed by atoms with Gasteiger partial charge in [-0.15, -0.1) is 0 Å². The van der Waals surface area contributed by atoms with E-state index in [9.17, 15) is 0 Å². The van der Waals surface area contributed by atoms with Crippen LogP contribution in [0.25, 0.3) is 0 Å². The molecule has 2 rings (SSSR count). The number of hydrogen-bond acceptors (Lipinski definition) is 3. The monoisotopic (exact) mass is 254 g/mol. The molecule has 2 aliphatic rings. The normalized spacial score (nSPS) is 30.0. The number of morpholine rings is 1. The average Bonchev–Trinajstić information content (AvgIpc) is 2.65.